The van der Waals surface area contributed by atoms with Gasteiger partial charge in [-0.1, -0.05) is 19.8 Å². The Hall–Kier alpha value is 0.270. The van der Waals surface area contributed by atoms with Gasteiger partial charge in [-0.15, -0.1) is 0 Å². The Kier molecular flexibility index (Phi) is 7.50. The van der Waals surface area contributed by atoms with E-state index in [1.165, 1.54) is 43.6 Å². The highest BCUT2D eigenvalue weighted by atomic mass is 32.2. The minimum Gasteiger partial charge on any atom is -0.330 e. The molecule has 0 aromatic carbocycles. The van der Waals surface area contributed by atoms with E-state index in [9.17, 15) is 0 Å². The van der Waals surface area contributed by atoms with Crippen molar-refractivity contribution in [2.45, 2.75) is 58.0 Å². The predicted molar refractivity (Wildman–Crippen MR) is 75.0 cm³/mol. The Morgan fingerprint density at radius 1 is 1.38 bits per heavy atom. The van der Waals surface area contributed by atoms with Gasteiger partial charge >= 0.3 is 0 Å². The average Bonchev–Trinajstić information content (AvgIpc) is 2.30. The largest absolute Gasteiger partial charge is 0.330 e. The van der Waals surface area contributed by atoms with Crippen molar-refractivity contribution in [2.24, 2.45) is 11.7 Å². The second-order valence-electron chi connectivity index (χ2n) is 4.94. The van der Waals surface area contributed by atoms with Gasteiger partial charge in [-0.3, -0.25) is 0 Å². The van der Waals surface area contributed by atoms with Crippen LogP contribution in [0, 0.1) is 5.92 Å². The molecular formula is C13H28N2S. The summed E-state index contributed by atoms with van der Waals surface area (Å²) in [5.74, 6) is 3.24. The molecule has 1 saturated carbocycles. The summed E-state index contributed by atoms with van der Waals surface area (Å²) in [6, 6.07) is 1.33. The zero-order chi connectivity index (χ0) is 11.8. The van der Waals surface area contributed by atoms with E-state index in [4.69, 9.17) is 5.73 Å². The van der Waals surface area contributed by atoms with Crippen LogP contribution in [0.2, 0.25) is 0 Å². The molecule has 0 spiro atoms. The van der Waals surface area contributed by atoms with E-state index >= 15 is 0 Å². The molecule has 3 atom stereocenters. The van der Waals surface area contributed by atoms with Crippen LogP contribution in [0.5, 0.6) is 0 Å². The van der Waals surface area contributed by atoms with E-state index in [1.807, 2.05) is 11.8 Å². The number of hydrogen-bond donors (Lipinski definition) is 2. The summed E-state index contributed by atoms with van der Waals surface area (Å²) in [6.45, 7) is 5.40. The predicted octanol–water partition coefficient (Wildman–Crippen LogP) is 2.63. The van der Waals surface area contributed by atoms with Gasteiger partial charge in [-0.05, 0) is 50.2 Å². The minimum atomic E-state index is 0.649. The van der Waals surface area contributed by atoms with Crippen LogP contribution in [0.3, 0.4) is 0 Å². The van der Waals surface area contributed by atoms with Gasteiger partial charge < -0.3 is 11.1 Å². The monoisotopic (exact) mass is 244 g/mol. The number of hydrogen-bond acceptors (Lipinski definition) is 3. The Morgan fingerprint density at radius 3 is 2.81 bits per heavy atom. The lowest BCUT2D eigenvalue weighted by atomic mass is 9.84. The highest BCUT2D eigenvalue weighted by molar-refractivity contribution is 7.99. The van der Waals surface area contributed by atoms with Crippen molar-refractivity contribution in [2.75, 3.05) is 18.1 Å². The molecule has 96 valence electrons. The molecular weight excluding hydrogens is 216 g/mol. The molecule has 0 aromatic heterocycles. The molecule has 3 unspecified atom stereocenters. The van der Waals surface area contributed by atoms with Gasteiger partial charge in [-0.25, -0.2) is 0 Å². The van der Waals surface area contributed by atoms with Crippen molar-refractivity contribution in [3.8, 4) is 0 Å². The summed E-state index contributed by atoms with van der Waals surface area (Å²) in [5.41, 5.74) is 5.85. The van der Waals surface area contributed by atoms with Crippen LogP contribution in [-0.4, -0.2) is 30.1 Å². The first-order valence-corrected chi connectivity index (χ1v) is 7.97. The first kappa shape index (κ1) is 14.3. The van der Waals surface area contributed by atoms with Crippen molar-refractivity contribution < 1.29 is 0 Å². The van der Waals surface area contributed by atoms with Crippen LogP contribution in [0.15, 0.2) is 0 Å². The van der Waals surface area contributed by atoms with Crippen LogP contribution in [0.4, 0.5) is 0 Å². The molecule has 16 heavy (non-hydrogen) atoms. The molecule has 3 heteroatoms. The molecule has 2 nitrogen and oxygen atoms in total. The fourth-order valence-corrected chi connectivity index (χ4v) is 3.37. The maximum atomic E-state index is 5.85. The quantitative estimate of drug-likeness (QED) is 0.676. The Labute approximate surface area is 105 Å². The van der Waals surface area contributed by atoms with Gasteiger partial charge in [0.2, 0.25) is 0 Å². The van der Waals surface area contributed by atoms with E-state index in [0.29, 0.717) is 12.1 Å². The lowest BCUT2D eigenvalue weighted by molar-refractivity contribution is 0.250. The molecule has 0 amide bonds. The number of nitrogens with two attached hydrogens (primary N) is 1. The Balaban J connectivity index is 2.22. The fourth-order valence-electron chi connectivity index (χ4n) is 2.56. The van der Waals surface area contributed by atoms with Gasteiger partial charge in [0.15, 0.2) is 0 Å². The van der Waals surface area contributed by atoms with E-state index in [2.05, 4.69) is 19.2 Å². The molecule has 1 fully saturated rings. The molecule has 0 heterocycles. The summed E-state index contributed by atoms with van der Waals surface area (Å²) in [7, 11) is 0. The zero-order valence-corrected chi connectivity index (χ0v) is 11.7. The first-order chi connectivity index (χ1) is 7.77. The molecule has 3 N–H and O–H groups in total. The summed E-state index contributed by atoms with van der Waals surface area (Å²) >= 11 is 2.04. The van der Waals surface area contributed by atoms with Crippen LogP contribution in [-0.2, 0) is 0 Å². The van der Waals surface area contributed by atoms with Crippen molar-refractivity contribution in [1.29, 1.82) is 0 Å². The second-order valence-corrected chi connectivity index (χ2v) is 6.33. The Bertz CT molecular complexity index is 175. The molecule has 1 rings (SSSR count). The lowest BCUT2D eigenvalue weighted by Gasteiger charge is -2.33. The third-order valence-corrected chi connectivity index (χ3v) is 4.54. The molecule has 0 bridgehead atoms. The van der Waals surface area contributed by atoms with Gasteiger partial charge in [0.1, 0.15) is 0 Å². The molecule has 0 radical (unpaired) electrons. The molecule has 1 aliphatic carbocycles. The van der Waals surface area contributed by atoms with Gasteiger partial charge in [0.25, 0.3) is 0 Å². The van der Waals surface area contributed by atoms with Crippen molar-refractivity contribution in [3.05, 3.63) is 0 Å². The van der Waals surface area contributed by atoms with Crippen molar-refractivity contribution in [1.82, 2.24) is 5.32 Å². The topological polar surface area (TPSA) is 38.0 Å². The first-order valence-electron chi connectivity index (χ1n) is 6.81. The van der Waals surface area contributed by atoms with Crippen molar-refractivity contribution >= 4 is 11.8 Å². The standard InChI is InChI=1S/C13H28N2S/c1-3-16-9-8-11(2)15-13-7-5-4-6-12(13)10-14/h11-13,15H,3-10,14H2,1-2H3. The zero-order valence-electron chi connectivity index (χ0n) is 10.9. The lowest BCUT2D eigenvalue weighted by Crippen LogP contribution is -2.45. The summed E-state index contributed by atoms with van der Waals surface area (Å²) in [6.07, 6.45) is 6.69. The van der Waals surface area contributed by atoms with E-state index in [0.717, 1.165) is 12.5 Å². The number of thioether (sulfide) groups is 1. The highest BCUT2D eigenvalue weighted by Gasteiger charge is 2.24. The summed E-state index contributed by atoms with van der Waals surface area (Å²) in [4.78, 5) is 0. The summed E-state index contributed by atoms with van der Waals surface area (Å²) < 4.78 is 0. The van der Waals surface area contributed by atoms with Crippen LogP contribution in [0.1, 0.15) is 46.0 Å². The maximum absolute atomic E-state index is 5.85. The van der Waals surface area contributed by atoms with E-state index in [-0.39, 0.29) is 0 Å². The normalized spacial score (nSPS) is 27.9. The van der Waals surface area contributed by atoms with Crippen LogP contribution < -0.4 is 11.1 Å². The molecule has 0 saturated heterocycles. The van der Waals surface area contributed by atoms with Gasteiger partial charge in [-0.2, -0.15) is 11.8 Å². The number of nitrogens with one attached hydrogen (secondary N) is 1. The van der Waals surface area contributed by atoms with E-state index < -0.39 is 0 Å². The van der Waals surface area contributed by atoms with Crippen molar-refractivity contribution in [3.63, 3.8) is 0 Å². The second kappa shape index (κ2) is 8.37. The maximum Gasteiger partial charge on any atom is 0.0110 e. The molecule has 0 aliphatic heterocycles. The molecule has 1 aliphatic rings. The molecule has 0 aromatic rings. The SMILES string of the molecule is CCSCCC(C)NC1CCCCC1CN. The highest BCUT2D eigenvalue weighted by Crippen LogP contribution is 2.24. The minimum absolute atomic E-state index is 0.649. The average molecular weight is 244 g/mol. The summed E-state index contributed by atoms with van der Waals surface area (Å²) in [5, 5.41) is 3.79. The van der Waals surface area contributed by atoms with E-state index in [1.54, 1.807) is 0 Å². The number of rotatable bonds is 7. The smallest absolute Gasteiger partial charge is 0.0110 e. The fraction of sp³-hybridized carbons (Fsp3) is 1.00. The third-order valence-electron chi connectivity index (χ3n) is 3.61. The van der Waals surface area contributed by atoms with Gasteiger partial charge in [0.05, 0.1) is 0 Å². The Morgan fingerprint density at radius 2 is 2.12 bits per heavy atom. The van der Waals surface area contributed by atoms with Crippen LogP contribution in [0.25, 0.3) is 0 Å². The van der Waals surface area contributed by atoms with Gasteiger partial charge in [0, 0.05) is 12.1 Å². The van der Waals surface area contributed by atoms with Crippen LogP contribution >= 0.6 is 11.8 Å². The third kappa shape index (κ3) is 5.07.